The number of nitrogens with one attached hydrogen (secondary N) is 1. The van der Waals surface area contributed by atoms with Crippen molar-refractivity contribution < 1.29 is 9.18 Å². The molecule has 0 saturated carbocycles. The number of hydrogen-bond donors (Lipinski definition) is 1. The molecule has 128 valence electrons. The molecule has 3 rings (SSSR count). The summed E-state index contributed by atoms with van der Waals surface area (Å²) >= 11 is 1.16. The maximum Gasteiger partial charge on any atom is 0.308 e. The summed E-state index contributed by atoms with van der Waals surface area (Å²) in [6.07, 6.45) is 0. The minimum absolute atomic E-state index is 0.0286. The number of carbonyl (C=O) groups is 1. The van der Waals surface area contributed by atoms with E-state index in [2.05, 4.69) is 5.32 Å². The van der Waals surface area contributed by atoms with E-state index >= 15 is 0 Å². The summed E-state index contributed by atoms with van der Waals surface area (Å²) in [5.74, 6) is -0.431. The highest BCUT2D eigenvalue weighted by Gasteiger charge is 2.28. The molecule has 1 atom stereocenters. The van der Waals surface area contributed by atoms with Crippen LogP contribution in [0, 0.1) is 19.7 Å². The highest BCUT2D eigenvalue weighted by Crippen LogP contribution is 2.23. The zero-order valence-electron chi connectivity index (χ0n) is 13.7. The van der Waals surface area contributed by atoms with E-state index in [1.807, 2.05) is 19.9 Å². The van der Waals surface area contributed by atoms with Gasteiger partial charge in [-0.05, 0) is 31.5 Å². The third-order valence-electron chi connectivity index (χ3n) is 4.47. The molecule has 24 heavy (non-hydrogen) atoms. The molecule has 2 heterocycles. The molecule has 0 spiro atoms. The number of nitrogens with zero attached hydrogens (tertiary/aromatic N) is 2. The lowest BCUT2D eigenvalue weighted by Gasteiger charge is -2.36. The van der Waals surface area contributed by atoms with E-state index in [0.29, 0.717) is 19.6 Å². The summed E-state index contributed by atoms with van der Waals surface area (Å²) in [6, 6.07) is 6.11. The summed E-state index contributed by atoms with van der Waals surface area (Å²) < 4.78 is 15.1. The zero-order valence-corrected chi connectivity index (χ0v) is 14.5. The van der Waals surface area contributed by atoms with Crippen LogP contribution in [0.2, 0.25) is 0 Å². The number of benzene rings is 1. The third kappa shape index (κ3) is 3.27. The van der Waals surface area contributed by atoms with Gasteiger partial charge in [0.25, 0.3) is 0 Å². The van der Waals surface area contributed by atoms with Crippen LogP contribution in [0.25, 0.3) is 0 Å². The van der Waals surface area contributed by atoms with E-state index < -0.39 is 0 Å². The number of thiazole rings is 1. The number of amides is 1. The molecule has 1 amide bonds. The van der Waals surface area contributed by atoms with Crippen molar-refractivity contribution in [2.24, 2.45) is 0 Å². The van der Waals surface area contributed by atoms with Crippen molar-refractivity contribution >= 4 is 17.2 Å². The molecule has 5 nitrogen and oxygen atoms in total. The fourth-order valence-corrected chi connectivity index (χ4v) is 3.84. The second kappa shape index (κ2) is 6.86. The highest BCUT2D eigenvalue weighted by molar-refractivity contribution is 7.09. The Morgan fingerprint density at radius 1 is 1.42 bits per heavy atom. The van der Waals surface area contributed by atoms with Gasteiger partial charge in [-0.15, -0.1) is 0 Å². The van der Waals surface area contributed by atoms with Crippen LogP contribution in [0.1, 0.15) is 22.2 Å². The fraction of sp³-hybridized carbons (Fsp3) is 0.412. The van der Waals surface area contributed by atoms with E-state index in [9.17, 15) is 14.0 Å². The Hall–Kier alpha value is -1.99. The van der Waals surface area contributed by atoms with Crippen molar-refractivity contribution in [2.45, 2.75) is 26.4 Å². The van der Waals surface area contributed by atoms with Crippen molar-refractivity contribution in [3.8, 4) is 0 Å². The molecule has 1 fully saturated rings. The summed E-state index contributed by atoms with van der Waals surface area (Å²) in [5, 5.41) is 3.25. The van der Waals surface area contributed by atoms with Gasteiger partial charge in [0, 0.05) is 30.2 Å². The minimum atomic E-state index is -0.314. The maximum atomic E-state index is 13.5. The number of hydrogen-bond acceptors (Lipinski definition) is 4. The van der Waals surface area contributed by atoms with Gasteiger partial charge in [0.2, 0.25) is 5.91 Å². The van der Waals surface area contributed by atoms with Gasteiger partial charge < -0.3 is 10.2 Å². The van der Waals surface area contributed by atoms with Crippen molar-refractivity contribution in [3.63, 3.8) is 0 Å². The normalized spacial score (nSPS) is 18.0. The van der Waals surface area contributed by atoms with Crippen LogP contribution >= 0.6 is 11.3 Å². The molecule has 1 aromatic heterocycles. The molecule has 1 N–H and O–H groups in total. The zero-order chi connectivity index (χ0) is 17.3. The largest absolute Gasteiger partial charge is 0.332 e. The summed E-state index contributed by atoms with van der Waals surface area (Å²) in [5.41, 5.74) is 1.59. The van der Waals surface area contributed by atoms with Crippen molar-refractivity contribution in [2.75, 3.05) is 19.6 Å². The van der Waals surface area contributed by atoms with Crippen LogP contribution in [0.5, 0.6) is 0 Å². The van der Waals surface area contributed by atoms with Gasteiger partial charge >= 0.3 is 4.87 Å². The van der Waals surface area contributed by atoms with Crippen LogP contribution in [0.15, 0.2) is 29.1 Å². The number of aryl methyl sites for hydroxylation is 1. The number of aromatic nitrogens is 1. The quantitative estimate of drug-likeness (QED) is 0.920. The van der Waals surface area contributed by atoms with Crippen LogP contribution in [0.3, 0.4) is 0 Å². The van der Waals surface area contributed by atoms with Gasteiger partial charge in [-0.3, -0.25) is 14.2 Å². The van der Waals surface area contributed by atoms with Gasteiger partial charge in [0.05, 0.1) is 6.04 Å². The van der Waals surface area contributed by atoms with Gasteiger partial charge in [-0.25, -0.2) is 4.39 Å². The van der Waals surface area contributed by atoms with Crippen molar-refractivity contribution in [1.29, 1.82) is 0 Å². The number of halogens is 1. The van der Waals surface area contributed by atoms with Gasteiger partial charge in [-0.2, -0.15) is 0 Å². The monoisotopic (exact) mass is 349 g/mol. The van der Waals surface area contributed by atoms with Crippen molar-refractivity contribution in [3.05, 3.63) is 55.9 Å². The predicted octanol–water partition coefficient (Wildman–Crippen LogP) is 1.84. The Balaban J connectivity index is 1.85. The van der Waals surface area contributed by atoms with E-state index in [1.54, 1.807) is 11.0 Å². The molecule has 0 aliphatic carbocycles. The lowest BCUT2D eigenvalue weighted by molar-refractivity contribution is -0.135. The molecule has 1 aliphatic heterocycles. The second-order valence-electron chi connectivity index (χ2n) is 5.96. The van der Waals surface area contributed by atoms with E-state index in [4.69, 9.17) is 0 Å². The molecule has 2 aromatic rings. The third-order valence-corrected chi connectivity index (χ3v) is 5.46. The lowest BCUT2D eigenvalue weighted by atomic mass is 10.0. The van der Waals surface area contributed by atoms with E-state index in [1.165, 1.54) is 16.7 Å². The standard InChI is InChI=1S/C17H20FN3O2S/c1-11-12(2)24-17(23)21(11)10-16(22)20-7-6-19-9-15(20)13-4-3-5-14(18)8-13/h3-5,8,15,19H,6-7,9-10H2,1-2H3. The number of carbonyl (C=O) groups excluding carboxylic acids is 1. The average Bonchev–Trinajstić information content (AvgIpc) is 2.81. The fourth-order valence-electron chi connectivity index (χ4n) is 3.01. The first-order valence-corrected chi connectivity index (χ1v) is 8.71. The average molecular weight is 349 g/mol. The van der Waals surface area contributed by atoms with Crippen LogP contribution in [-0.2, 0) is 11.3 Å². The van der Waals surface area contributed by atoms with Crippen molar-refractivity contribution in [1.82, 2.24) is 14.8 Å². The smallest absolute Gasteiger partial charge is 0.308 e. The van der Waals surface area contributed by atoms with Gasteiger partial charge in [0.1, 0.15) is 12.4 Å². The lowest BCUT2D eigenvalue weighted by Crippen LogP contribution is -2.50. The van der Waals surface area contributed by atoms with Crippen LogP contribution in [-0.4, -0.2) is 35.0 Å². The maximum absolute atomic E-state index is 13.5. The Kier molecular flexibility index (Phi) is 4.82. The minimum Gasteiger partial charge on any atom is -0.332 e. The molecule has 1 saturated heterocycles. The van der Waals surface area contributed by atoms with Crippen LogP contribution in [0.4, 0.5) is 4.39 Å². The number of rotatable bonds is 3. The second-order valence-corrected chi connectivity index (χ2v) is 7.12. The summed E-state index contributed by atoms with van der Waals surface area (Å²) in [6.45, 7) is 5.56. The van der Waals surface area contributed by atoms with E-state index in [-0.39, 0.29) is 29.2 Å². The van der Waals surface area contributed by atoms with Gasteiger partial charge in [0.15, 0.2) is 0 Å². The molecule has 1 aliphatic rings. The molecular formula is C17H20FN3O2S. The molecule has 1 aromatic carbocycles. The molecule has 7 heteroatoms. The Bertz CT molecular complexity index is 814. The Morgan fingerprint density at radius 3 is 2.88 bits per heavy atom. The molecule has 1 unspecified atom stereocenters. The molecular weight excluding hydrogens is 329 g/mol. The first kappa shape index (κ1) is 16.9. The van der Waals surface area contributed by atoms with E-state index in [0.717, 1.165) is 27.5 Å². The molecule has 0 radical (unpaired) electrons. The number of piperazine rings is 1. The summed E-state index contributed by atoms with van der Waals surface area (Å²) in [4.78, 5) is 27.4. The Labute approximate surface area is 143 Å². The SMILES string of the molecule is Cc1sc(=O)n(CC(=O)N2CCNCC2c2cccc(F)c2)c1C. The van der Waals surface area contributed by atoms with Crippen LogP contribution < -0.4 is 10.2 Å². The first-order chi connectivity index (χ1) is 11.5. The predicted molar refractivity (Wildman–Crippen MR) is 91.8 cm³/mol. The molecule has 0 bridgehead atoms. The Morgan fingerprint density at radius 2 is 2.21 bits per heavy atom. The first-order valence-electron chi connectivity index (χ1n) is 7.90. The topological polar surface area (TPSA) is 54.3 Å². The van der Waals surface area contributed by atoms with Gasteiger partial charge in [-0.1, -0.05) is 23.5 Å². The highest BCUT2D eigenvalue weighted by atomic mass is 32.1. The summed E-state index contributed by atoms with van der Waals surface area (Å²) in [7, 11) is 0.